The Hall–Kier alpha value is -4.90. The van der Waals surface area contributed by atoms with Crippen LogP contribution in [-0.2, 0) is 25.4 Å². The number of anilines is 4. The third-order valence-corrected chi connectivity index (χ3v) is 24.3. The standard InChI is InChI=1S/C19H31N4O3P.C15H22BrN4O3P.C15H22ClN4O3P.C15H22FN4O3P/c1-5-6-7-14-22-15-12(20)8-10-21-18(15)23(14)19-17(25)16(24)13(26-19)9-11-27(2,3)4;3*1-24(2,3)7-5-9-11(21)12(22)14(23-9)20-13-10(19-15(20)16)8(17)4-6-18-13/h8,10,13,16-17,19,24-25H,2,5-7,9,11H2,1,3-4H3,(H2,20,21);3*4,6,9,11-12,14,21-22H,1,5,7H2,2-3H3,(H2,17,18)/t13-,16-,17-,19-;3*9-,11-,12-,14-/m1111/s1. The van der Waals surface area contributed by atoms with Gasteiger partial charge in [-0.1, -0.05) is 13.3 Å². The number of hydrogen-bond donors (Lipinski definition) is 12. The van der Waals surface area contributed by atoms with Crippen molar-refractivity contribution in [2.45, 2.75) is 150 Å². The molecule has 4 saturated heterocycles. The lowest BCUT2D eigenvalue weighted by molar-refractivity contribution is -0.0413. The van der Waals surface area contributed by atoms with Gasteiger partial charge in [-0.15, -0.1) is 52.7 Å². The molecule has 4 fully saturated rings. The van der Waals surface area contributed by atoms with E-state index in [1.54, 1.807) is 35.2 Å². The number of ether oxygens (including phenoxy) is 4. The quantitative estimate of drug-likeness (QED) is 0.0424. The molecule has 16 atom stereocenters. The molecule has 0 radical (unpaired) electrons. The number of aliphatic hydroxyl groups excluding tert-OH is 8. The van der Waals surface area contributed by atoms with Crippen molar-refractivity contribution in [1.82, 2.24) is 58.1 Å². The molecule has 0 unspecified atom stereocenters. The summed E-state index contributed by atoms with van der Waals surface area (Å²) in [6, 6.07) is 6.52. The van der Waals surface area contributed by atoms with Crippen LogP contribution in [0.25, 0.3) is 44.7 Å². The van der Waals surface area contributed by atoms with Crippen LogP contribution in [0, 0.1) is 6.08 Å². The number of imidazole rings is 4. The maximum atomic E-state index is 14.3. The average Bonchev–Trinajstić information content (AvgIpc) is 1.63. The van der Waals surface area contributed by atoms with E-state index in [1.165, 1.54) is 23.0 Å². The summed E-state index contributed by atoms with van der Waals surface area (Å²) in [6.45, 7) is 14.1. The third kappa shape index (κ3) is 18.0. The van der Waals surface area contributed by atoms with E-state index in [0.29, 0.717) is 81.0 Å². The first-order valence-electron chi connectivity index (χ1n) is 32.5. The number of aliphatic hydroxyl groups is 8. The molecule has 0 amide bonds. The Morgan fingerprint density at radius 1 is 0.455 bits per heavy atom. The number of nitrogens with zero attached hydrogens (tertiary/aromatic N) is 12. The zero-order chi connectivity index (χ0) is 72.7. The number of hydrogen-bond acceptors (Lipinski definition) is 24. The van der Waals surface area contributed by atoms with Crippen LogP contribution in [0.2, 0.25) is 5.28 Å². The fraction of sp³-hybridized carbons (Fsp3) is 0.562. The van der Waals surface area contributed by atoms with Crippen molar-refractivity contribution in [3.8, 4) is 0 Å². The summed E-state index contributed by atoms with van der Waals surface area (Å²) in [4.78, 5) is 34.0. The zero-order valence-electron chi connectivity index (χ0n) is 57.3. The molecule has 16 N–H and O–H groups in total. The van der Waals surface area contributed by atoms with E-state index in [0.717, 1.165) is 54.3 Å². The van der Waals surface area contributed by atoms with Crippen LogP contribution in [0.15, 0.2) is 53.8 Å². The molecule has 0 aromatic carbocycles. The lowest BCUT2D eigenvalue weighted by atomic mass is 10.1. The van der Waals surface area contributed by atoms with Gasteiger partial charge in [0.15, 0.2) is 52.2 Å². The smallest absolute Gasteiger partial charge is 0.293 e. The molecule has 12 heterocycles. The predicted molar refractivity (Wildman–Crippen MR) is 404 cm³/mol. The first-order chi connectivity index (χ1) is 46.3. The van der Waals surface area contributed by atoms with E-state index in [4.69, 9.17) is 53.5 Å². The van der Waals surface area contributed by atoms with E-state index in [9.17, 15) is 45.2 Å². The molecule has 0 saturated carbocycles. The van der Waals surface area contributed by atoms with Crippen molar-refractivity contribution < 1.29 is 64.2 Å². The highest BCUT2D eigenvalue weighted by Gasteiger charge is 2.49. The third-order valence-electron chi connectivity index (χ3n) is 17.6. The normalized spacial score (nSPS) is 27.4. The lowest BCUT2D eigenvalue weighted by Crippen LogP contribution is -2.32. The van der Waals surface area contributed by atoms with E-state index < -0.39 is 132 Å². The monoisotopic (exact) mass is 1540 g/mol. The van der Waals surface area contributed by atoms with Gasteiger partial charge in [0, 0.05) is 31.2 Å². The second kappa shape index (κ2) is 31.6. The van der Waals surface area contributed by atoms with Crippen LogP contribution in [-0.4, -0.2) is 275 Å². The molecule has 0 spiro atoms. The molecule has 28 nitrogen and oxygen atoms in total. The molecular weight excluding hydrogens is 1440 g/mol. The molecule has 8 aromatic heterocycles. The number of nitrogen functional groups attached to an aromatic ring is 4. The molecule has 99 heavy (non-hydrogen) atoms. The summed E-state index contributed by atoms with van der Waals surface area (Å²) in [6.07, 6.45) is 16.7. The predicted octanol–water partition coefficient (Wildman–Crippen LogP) is 5.83. The summed E-state index contributed by atoms with van der Waals surface area (Å²) in [5.41, 5.74) is 28.9. The van der Waals surface area contributed by atoms with Crippen molar-refractivity contribution in [2.75, 3.05) is 101 Å². The largest absolute Gasteiger partial charge is 0.397 e. The SMILES string of the molecule is C=P(C)(C)CC[C@H]1O[C@@H](n2c(Br)nc3c(N)ccnc32)[C@H](O)[C@@H]1O.C=P(C)(C)CC[C@H]1O[C@@H](n2c(CCCC)nc3c(N)ccnc32)[C@H](O)[C@@H]1O.C=P(C)(C)CC[C@H]1O[C@@H](n2c(Cl)nc3c(N)ccnc32)[C@H](O)[C@@H]1O.C=P(C)(C)CC[C@H]1O[C@@H](n2c(F)nc3c(N)ccnc32)[C@H](O)[C@@H]1O. The van der Waals surface area contributed by atoms with Crippen LogP contribution < -0.4 is 22.9 Å². The highest BCUT2D eigenvalue weighted by molar-refractivity contribution is 9.10. The highest BCUT2D eigenvalue weighted by Crippen LogP contribution is 2.46. The van der Waals surface area contributed by atoms with E-state index in [-0.39, 0.29) is 22.1 Å². The second-order valence-electron chi connectivity index (χ2n) is 28.5. The molecule has 4 aliphatic rings. The number of fused-ring (bicyclic) bond motifs is 4. The summed E-state index contributed by atoms with van der Waals surface area (Å²) in [5.74, 6) is 0.777. The lowest BCUT2D eigenvalue weighted by Gasteiger charge is -2.20. The van der Waals surface area contributed by atoms with E-state index >= 15 is 0 Å². The molecule has 0 bridgehead atoms. The van der Waals surface area contributed by atoms with Crippen LogP contribution in [0.3, 0.4) is 0 Å². The minimum Gasteiger partial charge on any atom is -0.397 e. The zero-order valence-corrected chi connectivity index (χ0v) is 63.2. The average molecular weight is 1540 g/mol. The number of aryl methyl sites for hydroxylation is 1. The number of aromatic nitrogens is 12. The molecule has 0 aliphatic carbocycles. The highest BCUT2D eigenvalue weighted by atomic mass is 79.9. The Labute approximate surface area is 588 Å². The topological polar surface area (TPSA) is 426 Å². The number of pyridine rings is 4. The number of rotatable bonds is 19. The van der Waals surface area contributed by atoms with E-state index in [1.807, 2.05) is 4.57 Å². The van der Waals surface area contributed by atoms with Gasteiger partial charge in [-0.2, -0.15) is 9.37 Å². The summed E-state index contributed by atoms with van der Waals surface area (Å²) in [7, 11) is 0. The van der Waals surface area contributed by atoms with Gasteiger partial charge in [0.1, 0.15) is 76.7 Å². The van der Waals surface area contributed by atoms with Crippen molar-refractivity contribution in [3.05, 3.63) is 71.0 Å². The van der Waals surface area contributed by atoms with Gasteiger partial charge in [0.25, 0.3) is 6.08 Å². The first kappa shape index (κ1) is 78.2. The van der Waals surface area contributed by atoms with Gasteiger partial charge >= 0.3 is 0 Å². The van der Waals surface area contributed by atoms with Gasteiger partial charge in [-0.3, -0.25) is 18.3 Å². The molecule has 12 rings (SSSR count). The van der Waals surface area contributed by atoms with Crippen LogP contribution in [0.1, 0.15) is 76.2 Å². The molecule has 35 heteroatoms. The molecule has 4 aliphatic heterocycles. The Morgan fingerprint density at radius 2 is 0.747 bits per heavy atom. The fourth-order valence-corrected chi connectivity index (χ4v) is 16.7. The number of halogens is 3. The van der Waals surface area contributed by atoms with Crippen molar-refractivity contribution in [2.24, 2.45) is 0 Å². The van der Waals surface area contributed by atoms with Crippen molar-refractivity contribution in [1.29, 1.82) is 0 Å². The van der Waals surface area contributed by atoms with Crippen molar-refractivity contribution in [3.63, 3.8) is 0 Å². The second-order valence-corrected chi connectivity index (χ2v) is 46.8. The fourth-order valence-electron chi connectivity index (χ4n) is 12.1. The van der Waals surface area contributed by atoms with Gasteiger partial charge in [0.2, 0.25) is 5.28 Å². The van der Waals surface area contributed by atoms with Crippen molar-refractivity contribution >= 4 is 148 Å². The Morgan fingerprint density at radius 3 is 1.11 bits per heavy atom. The first-order valence-corrected chi connectivity index (χ1v) is 45.9. The molecular formula is C64H97BrClFN16O12P4. The minimum atomic E-state index is -1.29. The van der Waals surface area contributed by atoms with Gasteiger partial charge in [-0.05, 0) is 162 Å². The van der Waals surface area contributed by atoms with Crippen LogP contribution in [0.4, 0.5) is 27.1 Å². The maximum absolute atomic E-state index is 14.3. The van der Waals surface area contributed by atoms with Gasteiger partial charge in [-0.25, -0.2) is 34.9 Å². The molecule has 546 valence electrons. The Kier molecular flexibility index (Phi) is 25.0. The minimum absolute atomic E-state index is 0.109. The molecule has 8 aromatic rings. The number of nitrogens with two attached hydrogens (primary N) is 4. The Balaban J connectivity index is 0.000000154. The summed E-state index contributed by atoms with van der Waals surface area (Å²) in [5, 5.41) is 83.6. The number of unbranched alkanes of at least 4 members (excludes halogenated alkanes) is 1. The summed E-state index contributed by atoms with van der Waals surface area (Å²) < 4.78 is 44.5. The Bertz CT molecular complexity index is 4030. The van der Waals surface area contributed by atoms with Crippen LogP contribution in [0.5, 0.6) is 0 Å². The van der Waals surface area contributed by atoms with Gasteiger partial charge < -0.3 is 82.7 Å². The van der Waals surface area contributed by atoms with E-state index in [2.05, 4.69) is 141 Å². The maximum Gasteiger partial charge on any atom is 0.293 e. The van der Waals surface area contributed by atoms with Crippen LogP contribution >= 0.6 is 55.1 Å². The van der Waals surface area contributed by atoms with Gasteiger partial charge in [0.05, 0.1) is 47.2 Å². The summed E-state index contributed by atoms with van der Waals surface area (Å²) >= 11 is 9.58.